The lowest BCUT2D eigenvalue weighted by Crippen LogP contribution is -2.56. The highest BCUT2D eigenvalue weighted by atomic mass is 32.2. The Hall–Kier alpha value is -0.130. The highest BCUT2D eigenvalue weighted by Crippen LogP contribution is 2.61. The van der Waals surface area contributed by atoms with Crippen LogP contribution in [0.25, 0.3) is 0 Å². The standard InChI is InChI=1S/C19H34N2O2S/c1-3-18(20-12-14-4-5-21(13-14)24(2,22)23)19-9-15-6-16(10-19)8-17(7-15)11-19/h14-18,20H,3-13H2,1-2H3/t14-,15?,16?,17?,18+,19?/m0/s1. The second kappa shape index (κ2) is 6.24. The maximum atomic E-state index is 11.7. The van der Waals surface area contributed by atoms with Crippen molar-refractivity contribution < 1.29 is 8.42 Å². The number of rotatable bonds is 6. The van der Waals surface area contributed by atoms with Crippen LogP contribution < -0.4 is 5.32 Å². The van der Waals surface area contributed by atoms with Crippen molar-refractivity contribution in [2.45, 2.75) is 64.3 Å². The summed E-state index contributed by atoms with van der Waals surface area (Å²) in [6, 6.07) is 0.637. The molecule has 0 aromatic rings. The monoisotopic (exact) mass is 354 g/mol. The third-order valence-corrected chi connectivity index (χ3v) is 8.87. The van der Waals surface area contributed by atoms with Gasteiger partial charge in [0, 0.05) is 19.1 Å². The predicted octanol–water partition coefficient (Wildman–Crippen LogP) is 2.85. The SMILES string of the molecule is CC[C@@H](NC[C@@H]1CCN(S(C)(=O)=O)C1)C12CC3CC(CC(C3)C1)C2. The first-order valence-corrected chi connectivity index (χ1v) is 11.9. The Labute approximate surface area is 147 Å². The lowest BCUT2D eigenvalue weighted by atomic mass is 9.47. The second-order valence-corrected chi connectivity index (χ2v) is 11.4. The van der Waals surface area contributed by atoms with Gasteiger partial charge < -0.3 is 5.32 Å². The molecule has 4 nitrogen and oxygen atoms in total. The number of nitrogens with one attached hydrogen (secondary N) is 1. The van der Waals surface area contributed by atoms with Crippen LogP contribution in [0.1, 0.15) is 58.3 Å². The molecule has 0 aromatic heterocycles. The molecule has 5 aliphatic rings. The van der Waals surface area contributed by atoms with Gasteiger partial charge in [0.05, 0.1) is 6.26 Å². The number of hydrogen-bond donors (Lipinski definition) is 1. The molecule has 4 aliphatic carbocycles. The molecular formula is C19H34N2O2S. The molecule has 5 heteroatoms. The van der Waals surface area contributed by atoms with Crippen LogP contribution in [0.3, 0.4) is 0 Å². The van der Waals surface area contributed by atoms with Gasteiger partial charge in [-0.3, -0.25) is 0 Å². The maximum Gasteiger partial charge on any atom is 0.211 e. The Morgan fingerprint density at radius 2 is 1.71 bits per heavy atom. The summed E-state index contributed by atoms with van der Waals surface area (Å²) >= 11 is 0. The van der Waals surface area contributed by atoms with Crippen molar-refractivity contribution in [1.82, 2.24) is 9.62 Å². The molecule has 0 aromatic carbocycles. The molecule has 0 amide bonds. The fraction of sp³-hybridized carbons (Fsp3) is 1.00. The van der Waals surface area contributed by atoms with Crippen molar-refractivity contribution in [3.05, 3.63) is 0 Å². The zero-order chi connectivity index (χ0) is 16.9. The average molecular weight is 355 g/mol. The normalized spacial score (nSPS) is 43.4. The third kappa shape index (κ3) is 3.16. The first kappa shape index (κ1) is 17.3. The van der Waals surface area contributed by atoms with E-state index in [2.05, 4.69) is 12.2 Å². The zero-order valence-corrected chi connectivity index (χ0v) is 16.2. The van der Waals surface area contributed by atoms with Gasteiger partial charge in [-0.1, -0.05) is 6.92 Å². The Morgan fingerprint density at radius 3 is 2.17 bits per heavy atom. The molecule has 0 spiro atoms. The van der Waals surface area contributed by atoms with Crippen molar-refractivity contribution in [2.24, 2.45) is 29.1 Å². The van der Waals surface area contributed by atoms with Gasteiger partial charge in [0.2, 0.25) is 10.0 Å². The van der Waals surface area contributed by atoms with E-state index >= 15 is 0 Å². The minimum absolute atomic E-state index is 0.489. The van der Waals surface area contributed by atoms with Gasteiger partial charge in [0.1, 0.15) is 0 Å². The minimum Gasteiger partial charge on any atom is -0.313 e. The first-order valence-electron chi connectivity index (χ1n) is 10.1. The molecule has 5 rings (SSSR count). The second-order valence-electron chi connectivity index (χ2n) is 9.42. The van der Waals surface area contributed by atoms with E-state index in [1.165, 1.54) is 51.2 Å². The third-order valence-electron chi connectivity index (χ3n) is 7.60. The van der Waals surface area contributed by atoms with Gasteiger partial charge in [-0.05, 0) is 87.0 Å². The van der Waals surface area contributed by atoms with Crippen molar-refractivity contribution in [3.63, 3.8) is 0 Å². The van der Waals surface area contributed by atoms with Crippen molar-refractivity contribution in [2.75, 3.05) is 25.9 Å². The fourth-order valence-corrected chi connectivity index (χ4v) is 7.89. The lowest BCUT2D eigenvalue weighted by molar-refractivity contribution is -0.0748. The summed E-state index contributed by atoms with van der Waals surface area (Å²) < 4.78 is 25.1. The van der Waals surface area contributed by atoms with Crippen molar-refractivity contribution >= 4 is 10.0 Å². The van der Waals surface area contributed by atoms with Gasteiger partial charge in [-0.15, -0.1) is 0 Å². The van der Waals surface area contributed by atoms with Gasteiger partial charge in [0.25, 0.3) is 0 Å². The van der Waals surface area contributed by atoms with Crippen LogP contribution >= 0.6 is 0 Å². The largest absolute Gasteiger partial charge is 0.313 e. The van der Waals surface area contributed by atoms with E-state index in [0.717, 1.165) is 30.7 Å². The minimum atomic E-state index is -3.01. The number of sulfonamides is 1. The van der Waals surface area contributed by atoms with E-state index in [-0.39, 0.29) is 0 Å². The maximum absolute atomic E-state index is 11.7. The molecule has 0 radical (unpaired) electrons. The molecule has 24 heavy (non-hydrogen) atoms. The summed E-state index contributed by atoms with van der Waals surface area (Å²) in [4.78, 5) is 0. The van der Waals surface area contributed by atoms with Crippen LogP contribution in [0.15, 0.2) is 0 Å². The Balaban J connectivity index is 1.37. The molecule has 4 bridgehead atoms. The summed E-state index contributed by atoms with van der Waals surface area (Å²) in [6.07, 6.45) is 12.4. The van der Waals surface area contributed by atoms with E-state index in [1.807, 2.05) is 0 Å². The topological polar surface area (TPSA) is 49.4 Å². The molecule has 138 valence electrons. The van der Waals surface area contributed by atoms with E-state index in [9.17, 15) is 8.42 Å². The highest BCUT2D eigenvalue weighted by molar-refractivity contribution is 7.88. The summed E-state index contributed by atoms with van der Waals surface area (Å²) in [5.74, 6) is 3.49. The van der Waals surface area contributed by atoms with Crippen LogP contribution in [0.2, 0.25) is 0 Å². The summed E-state index contributed by atoms with van der Waals surface area (Å²) in [5.41, 5.74) is 0.554. The summed E-state index contributed by atoms with van der Waals surface area (Å²) in [6.45, 7) is 4.75. The van der Waals surface area contributed by atoms with Crippen molar-refractivity contribution in [3.8, 4) is 0 Å². The average Bonchev–Trinajstić information content (AvgIpc) is 2.95. The molecule has 1 heterocycles. The van der Waals surface area contributed by atoms with Gasteiger partial charge in [-0.2, -0.15) is 0 Å². The Morgan fingerprint density at radius 1 is 1.12 bits per heavy atom. The summed E-state index contributed by atoms with van der Waals surface area (Å²) in [5, 5.41) is 3.92. The molecule has 1 N–H and O–H groups in total. The molecular weight excluding hydrogens is 320 g/mol. The molecule has 5 fully saturated rings. The van der Waals surface area contributed by atoms with Crippen LogP contribution in [0, 0.1) is 29.1 Å². The predicted molar refractivity (Wildman–Crippen MR) is 97.2 cm³/mol. The van der Waals surface area contributed by atoms with Crippen LogP contribution in [0.4, 0.5) is 0 Å². The van der Waals surface area contributed by atoms with Crippen LogP contribution in [-0.2, 0) is 10.0 Å². The summed E-state index contributed by atoms with van der Waals surface area (Å²) in [7, 11) is -3.01. The highest BCUT2D eigenvalue weighted by Gasteiger charge is 2.53. The molecule has 4 saturated carbocycles. The first-order chi connectivity index (χ1) is 11.4. The van der Waals surface area contributed by atoms with Gasteiger partial charge in [0.15, 0.2) is 0 Å². The van der Waals surface area contributed by atoms with E-state index in [0.29, 0.717) is 30.5 Å². The fourth-order valence-electron chi connectivity index (χ4n) is 6.97. The van der Waals surface area contributed by atoms with E-state index in [4.69, 9.17) is 0 Å². The Bertz CT molecular complexity index is 539. The molecule has 2 atom stereocenters. The Kier molecular flexibility index (Phi) is 4.50. The number of nitrogens with zero attached hydrogens (tertiary/aromatic N) is 1. The quantitative estimate of drug-likeness (QED) is 0.798. The van der Waals surface area contributed by atoms with Gasteiger partial charge in [-0.25, -0.2) is 12.7 Å². The molecule has 1 aliphatic heterocycles. The lowest BCUT2D eigenvalue weighted by Gasteiger charge is -2.59. The van der Waals surface area contributed by atoms with Crippen molar-refractivity contribution in [1.29, 1.82) is 0 Å². The zero-order valence-electron chi connectivity index (χ0n) is 15.3. The van der Waals surface area contributed by atoms with Gasteiger partial charge >= 0.3 is 0 Å². The van der Waals surface area contributed by atoms with Crippen LogP contribution in [0.5, 0.6) is 0 Å². The smallest absolute Gasteiger partial charge is 0.211 e. The number of hydrogen-bond acceptors (Lipinski definition) is 3. The molecule has 1 saturated heterocycles. The molecule has 0 unspecified atom stereocenters. The van der Waals surface area contributed by atoms with E-state index < -0.39 is 10.0 Å². The van der Waals surface area contributed by atoms with E-state index in [1.54, 1.807) is 4.31 Å². The van der Waals surface area contributed by atoms with Crippen LogP contribution in [-0.4, -0.2) is 44.7 Å².